The van der Waals surface area contributed by atoms with Gasteiger partial charge in [0, 0.05) is 16.0 Å². The van der Waals surface area contributed by atoms with Crippen molar-refractivity contribution in [2.45, 2.75) is 32.1 Å². The fourth-order valence-corrected chi connectivity index (χ4v) is 2.82. The summed E-state index contributed by atoms with van der Waals surface area (Å²) in [6.07, 6.45) is 5.34. The molecule has 1 aliphatic carbocycles. The average molecular weight is 350 g/mol. The standard InChI is InChI=1S/C15H16BrN3O2/c16-12-8-6-11(7-9-12)14-18-19-15(21-14)17-13(20)10-4-2-1-3-5-10/h6-10H,1-5H2,(H,17,19,20). The summed E-state index contributed by atoms with van der Waals surface area (Å²) in [7, 11) is 0. The van der Waals surface area contributed by atoms with Crippen LogP contribution in [0.1, 0.15) is 32.1 Å². The molecule has 1 N–H and O–H groups in total. The molecule has 0 aliphatic heterocycles. The Labute approximate surface area is 131 Å². The molecule has 2 aromatic rings. The number of rotatable bonds is 3. The van der Waals surface area contributed by atoms with Gasteiger partial charge < -0.3 is 4.42 Å². The Hall–Kier alpha value is -1.69. The Balaban J connectivity index is 1.67. The molecule has 1 aromatic carbocycles. The van der Waals surface area contributed by atoms with Crippen molar-refractivity contribution >= 4 is 27.9 Å². The van der Waals surface area contributed by atoms with Crippen molar-refractivity contribution in [3.63, 3.8) is 0 Å². The van der Waals surface area contributed by atoms with Gasteiger partial charge in [-0.1, -0.05) is 40.3 Å². The van der Waals surface area contributed by atoms with Gasteiger partial charge in [-0.15, -0.1) is 5.10 Å². The van der Waals surface area contributed by atoms with Crippen LogP contribution in [0.2, 0.25) is 0 Å². The lowest BCUT2D eigenvalue weighted by Gasteiger charge is -2.19. The second kappa shape index (κ2) is 6.39. The maximum Gasteiger partial charge on any atom is 0.322 e. The van der Waals surface area contributed by atoms with Crippen LogP contribution in [0, 0.1) is 5.92 Å². The van der Waals surface area contributed by atoms with Crippen LogP contribution in [0.5, 0.6) is 0 Å². The summed E-state index contributed by atoms with van der Waals surface area (Å²) in [6.45, 7) is 0. The summed E-state index contributed by atoms with van der Waals surface area (Å²) < 4.78 is 6.48. The Bertz CT molecular complexity index is 618. The summed E-state index contributed by atoms with van der Waals surface area (Å²) in [5.41, 5.74) is 0.823. The van der Waals surface area contributed by atoms with E-state index >= 15 is 0 Å². The van der Waals surface area contributed by atoms with Gasteiger partial charge in [-0.2, -0.15) is 0 Å². The van der Waals surface area contributed by atoms with Crippen LogP contribution < -0.4 is 5.32 Å². The SMILES string of the molecule is O=C(Nc1nnc(-c2ccc(Br)cc2)o1)C1CCCCC1. The molecule has 0 atom stereocenters. The topological polar surface area (TPSA) is 68.0 Å². The third-order valence-electron chi connectivity index (χ3n) is 3.72. The predicted octanol–water partition coefficient (Wildman–Crippen LogP) is 4.02. The number of hydrogen-bond acceptors (Lipinski definition) is 4. The number of nitrogens with one attached hydrogen (secondary N) is 1. The van der Waals surface area contributed by atoms with E-state index in [9.17, 15) is 4.79 Å². The molecule has 1 heterocycles. The van der Waals surface area contributed by atoms with Crippen molar-refractivity contribution in [1.29, 1.82) is 0 Å². The zero-order chi connectivity index (χ0) is 14.7. The molecule has 5 nitrogen and oxygen atoms in total. The van der Waals surface area contributed by atoms with Crippen LogP contribution in [0.15, 0.2) is 33.2 Å². The fourth-order valence-electron chi connectivity index (χ4n) is 2.56. The number of halogens is 1. The minimum Gasteiger partial charge on any atom is -0.403 e. The number of anilines is 1. The van der Waals surface area contributed by atoms with Gasteiger partial charge in [0.25, 0.3) is 0 Å². The van der Waals surface area contributed by atoms with Gasteiger partial charge in [0.1, 0.15) is 0 Å². The summed E-state index contributed by atoms with van der Waals surface area (Å²) >= 11 is 3.38. The highest BCUT2D eigenvalue weighted by Crippen LogP contribution is 2.26. The predicted molar refractivity (Wildman–Crippen MR) is 82.6 cm³/mol. The molecule has 1 aliphatic rings. The molecule has 0 spiro atoms. The second-order valence-electron chi connectivity index (χ2n) is 5.24. The maximum absolute atomic E-state index is 12.1. The first-order valence-corrected chi connectivity index (χ1v) is 7.92. The third kappa shape index (κ3) is 3.50. The maximum atomic E-state index is 12.1. The Kier molecular flexibility index (Phi) is 4.34. The number of benzene rings is 1. The van der Waals surface area contributed by atoms with Gasteiger partial charge in [-0.25, -0.2) is 0 Å². The molecule has 3 rings (SSSR count). The normalized spacial score (nSPS) is 15.9. The lowest BCUT2D eigenvalue weighted by Crippen LogP contribution is -2.24. The van der Waals surface area contributed by atoms with Gasteiger partial charge >= 0.3 is 6.01 Å². The van der Waals surface area contributed by atoms with Gasteiger partial charge in [0.05, 0.1) is 0 Å². The quantitative estimate of drug-likeness (QED) is 0.908. The van der Waals surface area contributed by atoms with Crippen LogP contribution in [-0.4, -0.2) is 16.1 Å². The third-order valence-corrected chi connectivity index (χ3v) is 4.25. The van der Waals surface area contributed by atoms with E-state index in [0.717, 1.165) is 35.7 Å². The summed E-state index contributed by atoms with van der Waals surface area (Å²) in [5, 5.41) is 10.6. The van der Waals surface area contributed by atoms with Gasteiger partial charge in [-0.05, 0) is 37.1 Å². The van der Waals surface area contributed by atoms with Crippen molar-refractivity contribution in [1.82, 2.24) is 10.2 Å². The molecule has 110 valence electrons. The molecule has 0 bridgehead atoms. The van der Waals surface area contributed by atoms with Crippen molar-refractivity contribution in [2.24, 2.45) is 5.92 Å². The molecule has 1 saturated carbocycles. The van der Waals surface area contributed by atoms with E-state index in [-0.39, 0.29) is 17.8 Å². The zero-order valence-corrected chi connectivity index (χ0v) is 13.1. The Morgan fingerprint density at radius 1 is 1.14 bits per heavy atom. The zero-order valence-electron chi connectivity index (χ0n) is 11.5. The Morgan fingerprint density at radius 2 is 1.86 bits per heavy atom. The highest BCUT2D eigenvalue weighted by atomic mass is 79.9. The largest absolute Gasteiger partial charge is 0.403 e. The molecule has 1 fully saturated rings. The van der Waals surface area contributed by atoms with Crippen LogP contribution in [-0.2, 0) is 4.79 Å². The minimum atomic E-state index is -0.0132. The van der Waals surface area contributed by atoms with E-state index in [0.29, 0.717) is 5.89 Å². The summed E-state index contributed by atoms with van der Waals surface area (Å²) in [6, 6.07) is 7.73. The van der Waals surface area contributed by atoms with Gasteiger partial charge in [-0.3, -0.25) is 10.1 Å². The van der Waals surface area contributed by atoms with E-state index < -0.39 is 0 Å². The smallest absolute Gasteiger partial charge is 0.322 e. The number of aromatic nitrogens is 2. The molecule has 0 saturated heterocycles. The van der Waals surface area contributed by atoms with Crippen LogP contribution in [0.3, 0.4) is 0 Å². The number of carbonyl (C=O) groups excluding carboxylic acids is 1. The fraction of sp³-hybridized carbons (Fsp3) is 0.400. The highest BCUT2D eigenvalue weighted by Gasteiger charge is 2.22. The van der Waals surface area contributed by atoms with E-state index in [4.69, 9.17) is 4.42 Å². The molecule has 1 aromatic heterocycles. The van der Waals surface area contributed by atoms with Crippen molar-refractivity contribution in [2.75, 3.05) is 5.32 Å². The average Bonchev–Trinajstić information content (AvgIpc) is 2.97. The first kappa shape index (κ1) is 14.3. The molecule has 6 heteroatoms. The second-order valence-corrected chi connectivity index (χ2v) is 6.16. The van der Waals surface area contributed by atoms with Crippen LogP contribution in [0.25, 0.3) is 11.5 Å². The van der Waals surface area contributed by atoms with Crippen molar-refractivity contribution < 1.29 is 9.21 Å². The highest BCUT2D eigenvalue weighted by molar-refractivity contribution is 9.10. The minimum absolute atomic E-state index is 0.0132. The first-order valence-electron chi connectivity index (χ1n) is 7.13. The van der Waals surface area contributed by atoms with E-state index in [1.807, 2.05) is 24.3 Å². The molecule has 0 radical (unpaired) electrons. The van der Waals surface area contributed by atoms with Gasteiger partial charge in [0.15, 0.2) is 0 Å². The van der Waals surface area contributed by atoms with Crippen LogP contribution in [0.4, 0.5) is 6.01 Å². The number of carbonyl (C=O) groups is 1. The van der Waals surface area contributed by atoms with Crippen molar-refractivity contribution in [3.8, 4) is 11.5 Å². The van der Waals surface area contributed by atoms with Gasteiger partial charge in [0.2, 0.25) is 11.8 Å². The van der Waals surface area contributed by atoms with E-state index in [1.54, 1.807) is 0 Å². The molecular weight excluding hydrogens is 334 g/mol. The molecule has 1 amide bonds. The number of nitrogens with zero attached hydrogens (tertiary/aromatic N) is 2. The van der Waals surface area contributed by atoms with E-state index in [1.165, 1.54) is 6.42 Å². The number of amides is 1. The Morgan fingerprint density at radius 3 is 2.57 bits per heavy atom. The molecule has 21 heavy (non-hydrogen) atoms. The molecular formula is C15H16BrN3O2. The molecule has 0 unspecified atom stereocenters. The van der Waals surface area contributed by atoms with E-state index in [2.05, 4.69) is 31.4 Å². The van der Waals surface area contributed by atoms with Crippen LogP contribution >= 0.6 is 15.9 Å². The first-order chi connectivity index (χ1) is 10.2. The van der Waals surface area contributed by atoms with Crippen molar-refractivity contribution in [3.05, 3.63) is 28.7 Å². The monoisotopic (exact) mass is 349 g/mol. The summed E-state index contributed by atoms with van der Waals surface area (Å²) in [5.74, 6) is 0.462. The lowest BCUT2D eigenvalue weighted by molar-refractivity contribution is -0.120. The summed E-state index contributed by atoms with van der Waals surface area (Å²) in [4.78, 5) is 12.1. The lowest BCUT2D eigenvalue weighted by atomic mass is 9.89. The number of hydrogen-bond donors (Lipinski definition) is 1.